The number of aromatic amines is 1. The van der Waals surface area contributed by atoms with Gasteiger partial charge < -0.3 is 9.72 Å². The van der Waals surface area contributed by atoms with Crippen LogP contribution in [0.15, 0.2) is 90.2 Å². The van der Waals surface area contributed by atoms with Gasteiger partial charge >= 0.3 is 0 Å². The minimum absolute atomic E-state index is 0.272. The predicted molar refractivity (Wildman–Crippen MR) is 111 cm³/mol. The topological polar surface area (TPSA) is 66.5 Å². The average molecular weight is 369 g/mol. The highest BCUT2D eigenvalue weighted by Crippen LogP contribution is 2.16. The molecule has 1 aromatic heterocycles. The molecule has 3 aromatic carbocycles. The van der Waals surface area contributed by atoms with Crippen LogP contribution >= 0.6 is 0 Å². The average Bonchev–Trinajstić information content (AvgIpc) is 3.16. The number of hydrogen-bond acceptors (Lipinski definition) is 3. The molecule has 4 rings (SSSR count). The Bertz CT molecular complexity index is 1100. The Morgan fingerprint density at radius 2 is 1.71 bits per heavy atom. The third-order valence-electron chi connectivity index (χ3n) is 4.36. The van der Waals surface area contributed by atoms with E-state index in [0.29, 0.717) is 17.9 Å². The second kappa shape index (κ2) is 8.22. The molecular weight excluding hydrogens is 350 g/mol. The van der Waals surface area contributed by atoms with Gasteiger partial charge in [0.2, 0.25) is 0 Å². The number of fused-ring (bicyclic) bond motifs is 1. The Morgan fingerprint density at radius 1 is 0.964 bits per heavy atom. The van der Waals surface area contributed by atoms with E-state index in [0.717, 1.165) is 22.0 Å². The molecule has 2 N–H and O–H groups in total. The van der Waals surface area contributed by atoms with E-state index in [9.17, 15) is 4.79 Å². The summed E-state index contributed by atoms with van der Waals surface area (Å²) < 4.78 is 5.73. The Morgan fingerprint density at radius 3 is 2.54 bits per heavy atom. The molecule has 0 aliphatic heterocycles. The highest BCUT2D eigenvalue weighted by Gasteiger charge is 2.05. The van der Waals surface area contributed by atoms with E-state index in [-0.39, 0.29) is 5.91 Å². The van der Waals surface area contributed by atoms with Crippen molar-refractivity contribution in [2.45, 2.75) is 6.61 Å². The lowest BCUT2D eigenvalue weighted by molar-refractivity contribution is 0.0955. The van der Waals surface area contributed by atoms with E-state index in [4.69, 9.17) is 4.74 Å². The quantitative estimate of drug-likeness (QED) is 0.388. The number of ether oxygens (including phenoxy) is 1. The first-order valence-corrected chi connectivity index (χ1v) is 8.96. The number of H-pyrrole nitrogens is 1. The van der Waals surface area contributed by atoms with Crippen LogP contribution in [0, 0.1) is 0 Å². The Labute approximate surface area is 162 Å². The van der Waals surface area contributed by atoms with Crippen LogP contribution in [0.4, 0.5) is 0 Å². The van der Waals surface area contributed by atoms with Crippen molar-refractivity contribution in [3.63, 3.8) is 0 Å². The fourth-order valence-corrected chi connectivity index (χ4v) is 2.87. The Kier molecular flexibility index (Phi) is 5.15. The molecule has 0 aliphatic carbocycles. The third-order valence-corrected chi connectivity index (χ3v) is 4.36. The van der Waals surface area contributed by atoms with Crippen molar-refractivity contribution >= 4 is 23.0 Å². The lowest BCUT2D eigenvalue weighted by Crippen LogP contribution is -2.17. The van der Waals surface area contributed by atoms with Crippen LogP contribution in [0.1, 0.15) is 21.5 Å². The normalized spacial score (nSPS) is 11.0. The molecule has 0 unspecified atom stereocenters. The van der Waals surface area contributed by atoms with Gasteiger partial charge in [0, 0.05) is 28.2 Å². The van der Waals surface area contributed by atoms with Crippen molar-refractivity contribution in [2.24, 2.45) is 5.10 Å². The molecular formula is C23H19N3O2. The number of rotatable bonds is 6. The number of nitrogens with zero attached hydrogens (tertiary/aromatic N) is 1. The van der Waals surface area contributed by atoms with Gasteiger partial charge in [0.05, 0.1) is 6.21 Å². The van der Waals surface area contributed by atoms with E-state index >= 15 is 0 Å². The molecule has 0 saturated carbocycles. The fourth-order valence-electron chi connectivity index (χ4n) is 2.87. The summed E-state index contributed by atoms with van der Waals surface area (Å²) in [4.78, 5) is 15.4. The molecule has 0 radical (unpaired) electrons. The minimum atomic E-state index is -0.272. The summed E-state index contributed by atoms with van der Waals surface area (Å²) in [6, 6.07) is 24.9. The molecule has 4 aromatic rings. The Hall–Kier alpha value is -3.86. The van der Waals surface area contributed by atoms with Crippen molar-refractivity contribution in [1.82, 2.24) is 10.4 Å². The van der Waals surface area contributed by atoms with E-state index in [1.165, 1.54) is 0 Å². The smallest absolute Gasteiger partial charge is 0.271 e. The van der Waals surface area contributed by atoms with Crippen molar-refractivity contribution in [3.05, 3.63) is 102 Å². The summed E-state index contributed by atoms with van der Waals surface area (Å²) in [7, 11) is 0. The molecule has 5 nitrogen and oxygen atoms in total. The molecule has 0 bridgehead atoms. The van der Waals surface area contributed by atoms with Crippen LogP contribution in [0.2, 0.25) is 0 Å². The first kappa shape index (κ1) is 17.5. The van der Waals surface area contributed by atoms with Gasteiger partial charge in [0.25, 0.3) is 5.91 Å². The van der Waals surface area contributed by atoms with E-state index in [1.807, 2.05) is 60.8 Å². The first-order chi connectivity index (χ1) is 13.8. The molecule has 28 heavy (non-hydrogen) atoms. The standard InChI is InChI=1S/C23H19N3O2/c27-23(26-25-15-19-14-24-22-9-5-4-8-21(19)22)18-10-12-20(13-11-18)28-16-17-6-2-1-3-7-17/h1-15,24H,16H2,(H,26,27)/b25-15-. The van der Waals surface area contributed by atoms with E-state index in [1.54, 1.807) is 30.5 Å². The van der Waals surface area contributed by atoms with E-state index < -0.39 is 0 Å². The van der Waals surface area contributed by atoms with Gasteiger partial charge in [-0.15, -0.1) is 0 Å². The summed E-state index contributed by atoms with van der Waals surface area (Å²) >= 11 is 0. The fraction of sp³-hybridized carbons (Fsp3) is 0.0435. The van der Waals surface area contributed by atoms with Crippen LogP contribution in [0.5, 0.6) is 5.75 Å². The molecule has 138 valence electrons. The Balaban J connectivity index is 1.34. The molecule has 0 fully saturated rings. The summed E-state index contributed by atoms with van der Waals surface area (Å²) in [5.41, 5.74) is 6.11. The van der Waals surface area contributed by atoms with Crippen molar-refractivity contribution < 1.29 is 9.53 Å². The number of para-hydroxylation sites is 1. The number of nitrogens with one attached hydrogen (secondary N) is 2. The second-order valence-electron chi connectivity index (χ2n) is 6.29. The number of hydrogen-bond donors (Lipinski definition) is 2. The number of carbonyl (C=O) groups excluding carboxylic acids is 1. The molecule has 1 heterocycles. The number of amides is 1. The van der Waals surface area contributed by atoms with Crippen LogP contribution in [0.25, 0.3) is 10.9 Å². The molecule has 0 aliphatic rings. The lowest BCUT2D eigenvalue weighted by atomic mass is 10.2. The lowest BCUT2D eigenvalue weighted by Gasteiger charge is -2.07. The highest BCUT2D eigenvalue weighted by atomic mass is 16.5. The summed E-state index contributed by atoms with van der Waals surface area (Å²) in [6.07, 6.45) is 3.49. The van der Waals surface area contributed by atoms with Gasteiger partial charge in [-0.3, -0.25) is 4.79 Å². The van der Waals surface area contributed by atoms with Crippen LogP contribution in [-0.4, -0.2) is 17.1 Å². The van der Waals surface area contributed by atoms with Gasteiger partial charge in [0.15, 0.2) is 0 Å². The highest BCUT2D eigenvalue weighted by molar-refractivity contribution is 6.00. The predicted octanol–water partition coefficient (Wildman–Crippen LogP) is 4.51. The van der Waals surface area contributed by atoms with Crippen molar-refractivity contribution in [1.29, 1.82) is 0 Å². The first-order valence-electron chi connectivity index (χ1n) is 8.96. The van der Waals surface area contributed by atoms with Crippen LogP contribution in [-0.2, 0) is 6.61 Å². The summed E-state index contributed by atoms with van der Waals surface area (Å²) in [6.45, 7) is 0.487. The number of aromatic nitrogens is 1. The molecule has 1 amide bonds. The van der Waals surface area contributed by atoms with Crippen LogP contribution < -0.4 is 10.2 Å². The van der Waals surface area contributed by atoms with Crippen LogP contribution in [0.3, 0.4) is 0 Å². The zero-order valence-electron chi connectivity index (χ0n) is 15.1. The van der Waals surface area contributed by atoms with Crippen molar-refractivity contribution in [3.8, 4) is 5.75 Å². The number of carbonyl (C=O) groups is 1. The SMILES string of the molecule is O=C(N/N=C\c1c[nH]c2ccccc12)c1ccc(OCc2ccccc2)cc1. The number of benzene rings is 3. The van der Waals surface area contributed by atoms with E-state index in [2.05, 4.69) is 15.5 Å². The zero-order valence-corrected chi connectivity index (χ0v) is 15.1. The summed E-state index contributed by atoms with van der Waals surface area (Å²) in [5, 5.41) is 5.12. The minimum Gasteiger partial charge on any atom is -0.489 e. The van der Waals surface area contributed by atoms with Gasteiger partial charge in [0.1, 0.15) is 12.4 Å². The summed E-state index contributed by atoms with van der Waals surface area (Å²) in [5.74, 6) is 0.438. The monoisotopic (exact) mass is 369 g/mol. The van der Waals surface area contributed by atoms with Gasteiger partial charge in [-0.05, 0) is 35.9 Å². The second-order valence-corrected chi connectivity index (χ2v) is 6.29. The maximum absolute atomic E-state index is 12.3. The molecule has 0 atom stereocenters. The van der Waals surface area contributed by atoms with Gasteiger partial charge in [-0.2, -0.15) is 5.10 Å². The third kappa shape index (κ3) is 4.10. The maximum atomic E-state index is 12.3. The zero-order chi connectivity index (χ0) is 19.2. The van der Waals surface area contributed by atoms with Gasteiger partial charge in [-0.25, -0.2) is 5.43 Å². The van der Waals surface area contributed by atoms with Crippen molar-refractivity contribution in [2.75, 3.05) is 0 Å². The molecule has 0 spiro atoms. The maximum Gasteiger partial charge on any atom is 0.271 e. The van der Waals surface area contributed by atoms with Gasteiger partial charge in [-0.1, -0.05) is 48.5 Å². The molecule has 5 heteroatoms. The largest absolute Gasteiger partial charge is 0.489 e. The molecule has 0 saturated heterocycles. The number of hydrazone groups is 1.